The minimum absolute atomic E-state index is 0.00452. The first-order valence-electron chi connectivity index (χ1n) is 6.38. The maximum absolute atomic E-state index is 12.0. The van der Waals surface area contributed by atoms with Crippen LogP contribution in [0.5, 0.6) is 0 Å². The lowest BCUT2D eigenvalue weighted by Crippen LogP contribution is -2.47. The molecule has 0 radical (unpaired) electrons. The van der Waals surface area contributed by atoms with Crippen molar-refractivity contribution in [2.45, 2.75) is 38.6 Å². The number of hydrogen-bond donors (Lipinski definition) is 2. The van der Waals surface area contributed by atoms with Gasteiger partial charge in [0.25, 0.3) is 0 Å². The molecule has 17 heavy (non-hydrogen) atoms. The molecule has 5 heteroatoms. The molecule has 1 aliphatic heterocycles. The topological polar surface area (TPSA) is 61.4 Å². The number of carbonyl (C=O) groups excluding carboxylic acids is 2. The molecule has 0 spiro atoms. The Morgan fingerprint density at radius 3 is 2.47 bits per heavy atom. The number of nitrogens with one attached hydrogen (secondary N) is 2. The van der Waals surface area contributed by atoms with Gasteiger partial charge in [0, 0.05) is 33.1 Å². The van der Waals surface area contributed by atoms with Crippen molar-refractivity contribution in [2.75, 3.05) is 26.7 Å². The summed E-state index contributed by atoms with van der Waals surface area (Å²) in [5.41, 5.74) is 0. The largest absolute Gasteiger partial charge is 0.359 e. The van der Waals surface area contributed by atoms with Crippen LogP contribution >= 0.6 is 0 Å². The van der Waals surface area contributed by atoms with Crippen LogP contribution in [0.15, 0.2) is 0 Å². The minimum Gasteiger partial charge on any atom is -0.359 e. The number of carbonyl (C=O) groups is 2. The van der Waals surface area contributed by atoms with Gasteiger partial charge in [-0.05, 0) is 26.2 Å². The molecule has 1 saturated heterocycles. The molecule has 0 aromatic carbocycles. The van der Waals surface area contributed by atoms with Gasteiger partial charge in [0.15, 0.2) is 0 Å². The van der Waals surface area contributed by atoms with Crippen molar-refractivity contribution in [3.05, 3.63) is 0 Å². The van der Waals surface area contributed by atoms with Gasteiger partial charge in [-0.15, -0.1) is 0 Å². The van der Waals surface area contributed by atoms with E-state index in [1.54, 1.807) is 7.05 Å². The Balaban J connectivity index is 2.23. The first-order valence-corrected chi connectivity index (χ1v) is 6.38. The molecule has 0 aromatic heterocycles. The van der Waals surface area contributed by atoms with E-state index in [1.807, 2.05) is 11.8 Å². The van der Waals surface area contributed by atoms with Gasteiger partial charge in [0.1, 0.15) is 0 Å². The summed E-state index contributed by atoms with van der Waals surface area (Å²) in [5.74, 6) is 0.150. The molecular weight excluding hydrogens is 218 g/mol. The van der Waals surface area contributed by atoms with E-state index < -0.39 is 0 Å². The Kier molecular flexibility index (Phi) is 5.97. The molecule has 2 N–H and O–H groups in total. The highest BCUT2D eigenvalue weighted by Crippen LogP contribution is 2.09. The first-order chi connectivity index (χ1) is 8.15. The average Bonchev–Trinajstić information content (AvgIpc) is 2.38. The fourth-order valence-corrected chi connectivity index (χ4v) is 2.00. The van der Waals surface area contributed by atoms with Crippen LogP contribution in [-0.4, -0.2) is 49.4 Å². The average molecular weight is 241 g/mol. The highest BCUT2D eigenvalue weighted by molar-refractivity contribution is 5.81. The lowest BCUT2D eigenvalue weighted by Gasteiger charge is -2.29. The SMILES string of the molecule is CNC(=O)CCNC(C)C(=O)N1CCCCC1. The standard InChI is InChI=1S/C12H23N3O2/c1-10(14-7-6-11(16)13-2)12(17)15-8-4-3-5-9-15/h10,14H,3-9H2,1-2H3,(H,13,16). The third kappa shape index (κ3) is 4.73. The van der Waals surface area contributed by atoms with Crippen LogP contribution in [0, 0.1) is 0 Å². The molecule has 98 valence electrons. The van der Waals surface area contributed by atoms with Crippen molar-refractivity contribution in [1.82, 2.24) is 15.5 Å². The molecule has 0 aromatic rings. The second kappa shape index (κ2) is 7.27. The third-order valence-corrected chi connectivity index (χ3v) is 3.12. The molecule has 0 aliphatic carbocycles. The predicted octanol–water partition coefficient (Wildman–Crippen LogP) is 0.113. The van der Waals surface area contributed by atoms with Gasteiger partial charge in [0.2, 0.25) is 11.8 Å². The Labute approximate surface area is 103 Å². The lowest BCUT2D eigenvalue weighted by molar-refractivity contribution is -0.134. The van der Waals surface area contributed by atoms with Crippen molar-refractivity contribution in [1.29, 1.82) is 0 Å². The van der Waals surface area contributed by atoms with Crippen LogP contribution in [0.3, 0.4) is 0 Å². The minimum atomic E-state index is -0.197. The summed E-state index contributed by atoms with van der Waals surface area (Å²) in [4.78, 5) is 24.9. The maximum Gasteiger partial charge on any atom is 0.239 e. The van der Waals surface area contributed by atoms with Crippen molar-refractivity contribution in [3.63, 3.8) is 0 Å². The van der Waals surface area contributed by atoms with E-state index in [2.05, 4.69) is 10.6 Å². The zero-order valence-electron chi connectivity index (χ0n) is 10.8. The quantitative estimate of drug-likeness (QED) is 0.718. The number of amides is 2. The first kappa shape index (κ1) is 14.0. The van der Waals surface area contributed by atoms with Crippen molar-refractivity contribution >= 4 is 11.8 Å². The van der Waals surface area contributed by atoms with Crippen LogP contribution in [0.4, 0.5) is 0 Å². The smallest absolute Gasteiger partial charge is 0.239 e. The van der Waals surface area contributed by atoms with E-state index in [-0.39, 0.29) is 17.9 Å². The van der Waals surface area contributed by atoms with Gasteiger partial charge in [-0.1, -0.05) is 0 Å². The van der Waals surface area contributed by atoms with E-state index in [9.17, 15) is 9.59 Å². The predicted molar refractivity (Wildman–Crippen MR) is 66.6 cm³/mol. The number of hydrogen-bond acceptors (Lipinski definition) is 3. The summed E-state index contributed by atoms with van der Waals surface area (Å²) in [5, 5.41) is 5.65. The summed E-state index contributed by atoms with van der Waals surface area (Å²) in [7, 11) is 1.62. The zero-order valence-corrected chi connectivity index (χ0v) is 10.8. The number of rotatable bonds is 5. The van der Waals surface area contributed by atoms with E-state index >= 15 is 0 Å². The third-order valence-electron chi connectivity index (χ3n) is 3.12. The molecule has 1 aliphatic rings. The second-order valence-corrected chi connectivity index (χ2v) is 4.48. The van der Waals surface area contributed by atoms with E-state index in [0.717, 1.165) is 25.9 Å². The van der Waals surface area contributed by atoms with Crippen LogP contribution in [0.25, 0.3) is 0 Å². The van der Waals surface area contributed by atoms with E-state index in [0.29, 0.717) is 13.0 Å². The number of likely N-dealkylation sites (tertiary alicyclic amines) is 1. The Hall–Kier alpha value is -1.10. The molecule has 1 fully saturated rings. The summed E-state index contributed by atoms with van der Waals surface area (Å²) < 4.78 is 0. The van der Waals surface area contributed by atoms with Gasteiger partial charge in [-0.2, -0.15) is 0 Å². The van der Waals surface area contributed by atoms with Gasteiger partial charge in [-0.25, -0.2) is 0 Å². The van der Waals surface area contributed by atoms with Crippen LogP contribution in [0.2, 0.25) is 0 Å². The molecule has 0 bridgehead atoms. The number of nitrogens with zero attached hydrogens (tertiary/aromatic N) is 1. The van der Waals surface area contributed by atoms with Crippen molar-refractivity contribution < 1.29 is 9.59 Å². The summed E-state index contributed by atoms with van der Waals surface area (Å²) in [6.45, 7) is 4.15. The van der Waals surface area contributed by atoms with Crippen LogP contribution in [0.1, 0.15) is 32.6 Å². The second-order valence-electron chi connectivity index (χ2n) is 4.48. The highest BCUT2D eigenvalue weighted by Gasteiger charge is 2.21. The molecule has 0 saturated carbocycles. The van der Waals surface area contributed by atoms with Crippen molar-refractivity contribution in [3.8, 4) is 0 Å². The molecule has 1 rings (SSSR count). The molecular formula is C12H23N3O2. The van der Waals surface area contributed by atoms with Crippen LogP contribution in [-0.2, 0) is 9.59 Å². The van der Waals surface area contributed by atoms with Gasteiger partial charge < -0.3 is 15.5 Å². The lowest BCUT2D eigenvalue weighted by atomic mass is 10.1. The Bertz CT molecular complexity index is 262. The monoisotopic (exact) mass is 241 g/mol. The molecule has 1 unspecified atom stereocenters. The maximum atomic E-state index is 12.0. The van der Waals surface area contributed by atoms with Gasteiger partial charge in [0.05, 0.1) is 6.04 Å². The summed E-state index contributed by atoms with van der Waals surface area (Å²) >= 11 is 0. The van der Waals surface area contributed by atoms with Crippen molar-refractivity contribution in [2.24, 2.45) is 0 Å². The molecule has 1 atom stereocenters. The number of piperidine rings is 1. The molecule has 5 nitrogen and oxygen atoms in total. The Morgan fingerprint density at radius 2 is 1.88 bits per heavy atom. The fourth-order valence-electron chi connectivity index (χ4n) is 2.00. The Morgan fingerprint density at radius 1 is 1.24 bits per heavy atom. The summed E-state index contributed by atoms with van der Waals surface area (Å²) in [6, 6.07) is -0.197. The molecule has 1 heterocycles. The van der Waals surface area contributed by atoms with E-state index in [1.165, 1.54) is 6.42 Å². The van der Waals surface area contributed by atoms with Gasteiger partial charge in [-0.3, -0.25) is 9.59 Å². The summed E-state index contributed by atoms with van der Waals surface area (Å²) in [6.07, 6.45) is 3.85. The zero-order chi connectivity index (χ0) is 12.7. The highest BCUT2D eigenvalue weighted by atomic mass is 16.2. The van der Waals surface area contributed by atoms with Gasteiger partial charge >= 0.3 is 0 Å². The van der Waals surface area contributed by atoms with Crippen LogP contribution < -0.4 is 10.6 Å². The normalized spacial score (nSPS) is 17.6. The molecule has 2 amide bonds. The fraction of sp³-hybridized carbons (Fsp3) is 0.833. The van der Waals surface area contributed by atoms with E-state index in [4.69, 9.17) is 0 Å².